The second-order valence-electron chi connectivity index (χ2n) is 11.7. The van der Waals surface area contributed by atoms with Crippen molar-refractivity contribution in [1.82, 2.24) is 0 Å². The van der Waals surface area contributed by atoms with Crippen LogP contribution in [-0.2, 0) is 0 Å². The lowest BCUT2D eigenvalue weighted by molar-refractivity contribution is 0.487. The monoisotopic (exact) mass is 606 g/mol. The molecule has 1 nitrogen and oxygen atoms in total. The van der Waals surface area contributed by atoms with E-state index in [0.717, 1.165) is 44.2 Å². The van der Waals surface area contributed by atoms with Gasteiger partial charge < -0.3 is 4.74 Å². The molecule has 0 saturated carbocycles. The Bertz CT molecular complexity index is 3220. The largest absolute Gasteiger partial charge is 0.456 e. The third-order valence-electron chi connectivity index (χ3n) is 9.21. The molecule has 0 fully saturated rings. The molecule has 0 radical (unpaired) electrons. The van der Waals surface area contributed by atoms with Crippen molar-refractivity contribution in [2.45, 2.75) is 0 Å². The SMILES string of the molecule is [2H]c1c([2H])c([2H])c(-c2cccc3c2ccc2c(-c4c([2H])c([2H])c([2H])c([2H])c4[2H])c4ccccc4c(-c4ccc5c(c4)-c4cccc6cccc(c46)O5)c23)c([2H])c1[2H]. The molecule has 218 valence electrons. The normalized spacial score (nSPS) is 15.0. The molecule has 0 aromatic heterocycles. The van der Waals surface area contributed by atoms with Crippen LogP contribution < -0.4 is 4.74 Å². The van der Waals surface area contributed by atoms with Crippen molar-refractivity contribution < 1.29 is 18.4 Å². The minimum Gasteiger partial charge on any atom is -0.456 e. The van der Waals surface area contributed by atoms with E-state index < -0.39 is 36.3 Å². The lowest BCUT2D eigenvalue weighted by Crippen LogP contribution is -1.98. The molecular formula is C46H28O. The fourth-order valence-corrected chi connectivity index (χ4v) is 7.30. The molecule has 0 amide bonds. The zero-order valence-electron chi connectivity index (χ0n) is 34.8. The molecule has 0 bridgehead atoms. The highest BCUT2D eigenvalue weighted by atomic mass is 16.5. The minimum absolute atomic E-state index is 0.0665. The molecule has 9 aromatic carbocycles. The van der Waals surface area contributed by atoms with E-state index in [1.165, 1.54) is 0 Å². The number of rotatable bonds is 3. The van der Waals surface area contributed by atoms with Gasteiger partial charge >= 0.3 is 0 Å². The second-order valence-corrected chi connectivity index (χ2v) is 11.7. The van der Waals surface area contributed by atoms with Crippen molar-refractivity contribution in [2.75, 3.05) is 0 Å². The summed E-state index contributed by atoms with van der Waals surface area (Å²) in [6, 6.07) is 30.9. The van der Waals surface area contributed by atoms with Gasteiger partial charge in [-0.2, -0.15) is 0 Å². The van der Waals surface area contributed by atoms with Gasteiger partial charge in [-0.1, -0.05) is 151 Å². The van der Waals surface area contributed by atoms with E-state index >= 15 is 0 Å². The molecule has 0 N–H and O–H groups in total. The zero-order valence-corrected chi connectivity index (χ0v) is 24.8. The number of hydrogen-bond donors (Lipinski definition) is 0. The molecule has 0 aliphatic carbocycles. The quantitative estimate of drug-likeness (QED) is 0.144. The van der Waals surface area contributed by atoms with Crippen LogP contribution in [0.4, 0.5) is 0 Å². The van der Waals surface area contributed by atoms with Crippen LogP contribution in [0.25, 0.3) is 87.6 Å². The van der Waals surface area contributed by atoms with E-state index in [0.29, 0.717) is 43.8 Å². The number of hydrogen-bond acceptors (Lipinski definition) is 1. The summed E-state index contributed by atoms with van der Waals surface area (Å²) in [6.07, 6.45) is 0. The molecule has 0 spiro atoms. The molecular weight excluding hydrogens is 569 g/mol. The van der Waals surface area contributed by atoms with Gasteiger partial charge in [-0.3, -0.25) is 0 Å². The zero-order chi connectivity index (χ0) is 39.6. The maximum atomic E-state index is 9.09. The highest BCUT2D eigenvalue weighted by Crippen LogP contribution is 2.51. The van der Waals surface area contributed by atoms with Crippen LogP contribution in [0.5, 0.6) is 11.5 Å². The first-order valence-electron chi connectivity index (χ1n) is 20.4. The van der Waals surface area contributed by atoms with Gasteiger partial charge in [0.2, 0.25) is 0 Å². The summed E-state index contributed by atoms with van der Waals surface area (Å²) >= 11 is 0. The summed E-state index contributed by atoms with van der Waals surface area (Å²) in [4.78, 5) is 0. The summed E-state index contributed by atoms with van der Waals surface area (Å²) in [5, 5.41) is 6.13. The van der Waals surface area contributed by atoms with Gasteiger partial charge in [0.1, 0.15) is 11.5 Å². The Kier molecular flexibility index (Phi) is 3.91. The van der Waals surface area contributed by atoms with Gasteiger partial charge in [0, 0.05) is 10.9 Å². The Labute approximate surface area is 287 Å². The Hall–Kier alpha value is -6.18. The Morgan fingerprint density at radius 2 is 1.04 bits per heavy atom. The van der Waals surface area contributed by atoms with Gasteiger partial charge in [-0.05, 0) is 94.8 Å². The summed E-state index contributed by atoms with van der Waals surface area (Å²) in [6.45, 7) is 0. The van der Waals surface area contributed by atoms with Crippen molar-refractivity contribution in [1.29, 1.82) is 0 Å². The fraction of sp³-hybridized carbons (Fsp3) is 0. The standard InChI is InChI=1S/C46H28O/c1-3-12-29(13-4-1)33-20-11-22-35-34(33)25-26-39-43(30-14-5-2-6-15-30)36-18-7-8-19-37(36)45(46(35)39)32-24-27-41-40(28-32)38-21-9-16-31-17-10-23-42(47-41)44(31)38/h1-28H/i1D,2D,3D,4D,5D,6D,12D,13D,14D,15D. The Morgan fingerprint density at radius 1 is 0.383 bits per heavy atom. The number of benzene rings is 9. The van der Waals surface area contributed by atoms with E-state index in [9.17, 15) is 0 Å². The minimum atomic E-state index is -0.486. The van der Waals surface area contributed by atoms with Crippen molar-refractivity contribution in [3.63, 3.8) is 0 Å². The van der Waals surface area contributed by atoms with Crippen molar-refractivity contribution in [3.05, 3.63) is 170 Å². The first kappa shape index (κ1) is 18.1. The van der Waals surface area contributed by atoms with Gasteiger partial charge in [-0.25, -0.2) is 0 Å². The van der Waals surface area contributed by atoms with Gasteiger partial charge in [0.25, 0.3) is 0 Å². The molecule has 1 aliphatic heterocycles. The van der Waals surface area contributed by atoms with Gasteiger partial charge in [0.05, 0.1) is 13.7 Å². The Balaban J connectivity index is 1.39. The van der Waals surface area contributed by atoms with Crippen LogP contribution in [0.3, 0.4) is 0 Å². The lowest BCUT2D eigenvalue weighted by atomic mass is 9.82. The van der Waals surface area contributed by atoms with E-state index in [-0.39, 0.29) is 35.3 Å². The number of ether oxygens (including phenoxy) is 1. The van der Waals surface area contributed by atoms with Crippen LogP contribution in [0, 0.1) is 0 Å². The molecule has 0 saturated heterocycles. The van der Waals surface area contributed by atoms with Crippen molar-refractivity contribution >= 4 is 43.1 Å². The maximum absolute atomic E-state index is 9.09. The highest BCUT2D eigenvalue weighted by Gasteiger charge is 2.23. The maximum Gasteiger partial charge on any atom is 0.135 e. The topological polar surface area (TPSA) is 9.23 Å². The predicted octanol–water partition coefficient (Wildman–Crippen LogP) is 13.1. The summed E-state index contributed by atoms with van der Waals surface area (Å²) in [5.41, 5.74) is 4.60. The third kappa shape index (κ3) is 3.90. The Morgan fingerprint density at radius 3 is 1.85 bits per heavy atom. The third-order valence-corrected chi connectivity index (χ3v) is 9.21. The van der Waals surface area contributed by atoms with Gasteiger partial charge in [0.15, 0.2) is 0 Å². The molecule has 0 unspecified atom stereocenters. The smallest absolute Gasteiger partial charge is 0.135 e. The molecule has 1 aliphatic rings. The fourth-order valence-electron chi connectivity index (χ4n) is 7.30. The van der Waals surface area contributed by atoms with Crippen molar-refractivity contribution in [3.8, 4) is 56.0 Å². The lowest BCUT2D eigenvalue weighted by Gasteiger charge is -2.23. The van der Waals surface area contributed by atoms with Crippen LogP contribution in [0.2, 0.25) is 0 Å². The molecule has 0 atom stereocenters. The summed E-state index contributed by atoms with van der Waals surface area (Å²) in [7, 11) is 0. The van der Waals surface area contributed by atoms with E-state index in [1.807, 2.05) is 72.8 Å². The van der Waals surface area contributed by atoms with Crippen LogP contribution in [0.15, 0.2) is 170 Å². The molecule has 9 aromatic rings. The summed E-state index contributed by atoms with van der Waals surface area (Å²) in [5.74, 6) is 1.47. The average molecular weight is 607 g/mol. The van der Waals surface area contributed by atoms with E-state index in [2.05, 4.69) is 24.3 Å². The van der Waals surface area contributed by atoms with Crippen LogP contribution >= 0.6 is 0 Å². The first-order valence-corrected chi connectivity index (χ1v) is 15.4. The molecule has 47 heavy (non-hydrogen) atoms. The second kappa shape index (κ2) is 10.2. The van der Waals surface area contributed by atoms with Crippen molar-refractivity contribution in [2.24, 2.45) is 0 Å². The first-order chi connectivity index (χ1) is 27.5. The van der Waals surface area contributed by atoms with E-state index in [4.69, 9.17) is 18.4 Å². The van der Waals surface area contributed by atoms with Gasteiger partial charge in [-0.15, -0.1) is 0 Å². The predicted molar refractivity (Wildman–Crippen MR) is 198 cm³/mol. The van der Waals surface area contributed by atoms with Crippen LogP contribution in [-0.4, -0.2) is 0 Å². The van der Waals surface area contributed by atoms with Crippen LogP contribution in [0.1, 0.15) is 13.7 Å². The molecule has 10 rings (SSSR count). The van der Waals surface area contributed by atoms with E-state index in [1.54, 1.807) is 12.1 Å². The highest BCUT2D eigenvalue weighted by molar-refractivity contribution is 6.29. The summed E-state index contributed by atoms with van der Waals surface area (Å²) < 4.78 is 93.0. The molecule has 1 heteroatoms. The number of fused-ring (bicyclic) bond motifs is 6. The average Bonchev–Trinajstić information content (AvgIpc) is 3.23. The molecule has 1 heterocycles.